The lowest BCUT2D eigenvalue weighted by molar-refractivity contribution is -0.143. The van der Waals surface area contributed by atoms with E-state index in [1.54, 1.807) is 0 Å². The molecule has 5 aromatic carbocycles. The Morgan fingerprint density at radius 3 is 1.70 bits per heavy atom. The number of rotatable bonds is 3. The Morgan fingerprint density at radius 1 is 0.660 bits per heavy atom. The first-order chi connectivity index (χ1) is 22.5. The van der Waals surface area contributed by atoms with Gasteiger partial charge in [-0.1, -0.05) is 85.6 Å². The van der Waals surface area contributed by atoms with Crippen LogP contribution in [0.4, 0.5) is 32.0 Å². The van der Waals surface area contributed by atoms with E-state index in [9.17, 15) is 26.3 Å². The number of fused-ring (bicyclic) bond motifs is 7. The minimum atomic E-state index is -4.95. The Hall–Kier alpha value is -4.15. The molecule has 47 heavy (non-hydrogen) atoms. The molecule has 1 fully saturated rings. The van der Waals surface area contributed by atoms with Gasteiger partial charge >= 0.3 is 12.4 Å². The molecule has 0 bridgehead atoms. The van der Waals surface area contributed by atoms with E-state index in [4.69, 9.17) is 12.2 Å². The average Bonchev–Trinajstić information content (AvgIpc) is 3.21. The highest BCUT2D eigenvalue weighted by atomic mass is 32.1. The van der Waals surface area contributed by atoms with Gasteiger partial charge in [0.15, 0.2) is 5.11 Å². The van der Waals surface area contributed by atoms with Crippen molar-refractivity contribution in [3.63, 3.8) is 0 Å². The predicted molar refractivity (Wildman–Crippen MR) is 178 cm³/mol. The lowest BCUT2D eigenvalue weighted by Crippen LogP contribution is -2.53. The molecule has 3 nitrogen and oxygen atoms in total. The van der Waals surface area contributed by atoms with Crippen LogP contribution in [0.1, 0.15) is 47.9 Å². The molecule has 2 aliphatic rings. The summed E-state index contributed by atoms with van der Waals surface area (Å²) in [6.45, 7) is 1.35. The van der Waals surface area contributed by atoms with Crippen molar-refractivity contribution in [3.05, 3.63) is 113 Å². The number of anilines is 1. The van der Waals surface area contributed by atoms with Crippen LogP contribution in [-0.4, -0.2) is 22.1 Å². The highest BCUT2D eigenvalue weighted by molar-refractivity contribution is 7.80. The van der Waals surface area contributed by atoms with Crippen LogP contribution in [0.15, 0.2) is 91.0 Å². The zero-order chi connectivity index (χ0) is 32.9. The second kappa shape index (κ2) is 12.1. The van der Waals surface area contributed by atoms with Crippen molar-refractivity contribution < 1.29 is 26.3 Å². The van der Waals surface area contributed by atoms with Crippen LogP contribution in [0.25, 0.3) is 32.7 Å². The predicted octanol–water partition coefficient (Wildman–Crippen LogP) is 10.3. The molecule has 0 spiro atoms. The minimum Gasteiger partial charge on any atom is -0.358 e. The number of nitrogens with one attached hydrogen (secondary N) is 2. The summed E-state index contributed by atoms with van der Waals surface area (Å²) in [6, 6.07) is 26.8. The second-order valence-electron chi connectivity index (χ2n) is 12.4. The van der Waals surface area contributed by atoms with E-state index >= 15 is 0 Å². The Bertz CT molecular complexity index is 1870. The van der Waals surface area contributed by atoms with Crippen LogP contribution in [0.3, 0.4) is 0 Å². The molecule has 0 radical (unpaired) electrons. The molecular weight excluding hydrogens is 632 g/mol. The number of benzene rings is 5. The third-order valence-corrected chi connectivity index (χ3v) is 9.61. The van der Waals surface area contributed by atoms with Gasteiger partial charge in [0.25, 0.3) is 0 Å². The first-order valence-electron chi connectivity index (χ1n) is 15.6. The van der Waals surface area contributed by atoms with Gasteiger partial charge in [0.1, 0.15) is 0 Å². The van der Waals surface area contributed by atoms with Gasteiger partial charge in [-0.2, -0.15) is 26.3 Å². The minimum absolute atomic E-state index is 0.0121. The fraction of sp³-hybridized carbons (Fsp3) is 0.270. The van der Waals surface area contributed by atoms with Crippen LogP contribution >= 0.6 is 12.2 Å². The highest BCUT2D eigenvalue weighted by Gasteiger charge is 2.38. The molecule has 1 heterocycles. The van der Waals surface area contributed by atoms with E-state index in [-0.39, 0.29) is 28.9 Å². The SMILES string of the molecule is FC(F)(F)c1cc(NC(=S)N[C@@H]2CCCC[C@H]2N2Cc3ccc4ccccc4c3-c3c(ccc4ccccc34)C2)cc(C(F)(F)F)c1. The van der Waals surface area contributed by atoms with Crippen molar-refractivity contribution in [2.24, 2.45) is 0 Å². The van der Waals surface area contributed by atoms with E-state index < -0.39 is 23.5 Å². The molecule has 2 atom stereocenters. The molecule has 0 unspecified atom stereocenters. The van der Waals surface area contributed by atoms with Gasteiger partial charge in [0, 0.05) is 30.9 Å². The molecule has 5 aromatic rings. The third kappa shape index (κ3) is 6.28. The molecule has 0 saturated heterocycles. The first-order valence-corrected chi connectivity index (χ1v) is 16.0. The molecular formula is C37H31F6N3S. The van der Waals surface area contributed by atoms with E-state index in [0.717, 1.165) is 36.5 Å². The standard InChI is InChI=1S/C37H31F6N3S/c38-36(39,40)26-17-27(37(41,42)43)19-28(18-26)44-35(47)45-31-11-5-6-12-32(31)46-20-24-15-13-22-7-1-3-9-29(22)33(24)34-25(21-46)16-14-23-8-2-4-10-30(23)34/h1-4,7-10,13-19,31-32H,5-6,11-12,20-21H2,(H2,44,45,47)/t31-,32-/m1/s1. The van der Waals surface area contributed by atoms with Crippen molar-refractivity contribution in [2.75, 3.05) is 5.32 Å². The van der Waals surface area contributed by atoms with Crippen LogP contribution in [-0.2, 0) is 25.4 Å². The quantitative estimate of drug-likeness (QED) is 0.148. The summed E-state index contributed by atoms with van der Waals surface area (Å²) >= 11 is 5.50. The Labute approximate surface area is 273 Å². The Morgan fingerprint density at radius 2 is 1.17 bits per heavy atom. The van der Waals surface area contributed by atoms with Crippen molar-refractivity contribution in [1.82, 2.24) is 10.2 Å². The molecule has 1 aliphatic heterocycles. The van der Waals surface area contributed by atoms with Crippen LogP contribution in [0.2, 0.25) is 0 Å². The number of halogens is 6. The smallest absolute Gasteiger partial charge is 0.358 e. The molecule has 10 heteroatoms. The number of thiocarbonyl (C=S) groups is 1. The van der Waals surface area contributed by atoms with Gasteiger partial charge in [-0.15, -0.1) is 0 Å². The maximum Gasteiger partial charge on any atom is 0.416 e. The van der Waals surface area contributed by atoms with Crippen molar-refractivity contribution in [1.29, 1.82) is 0 Å². The fourth-order valence-electron chi connectivity index (χ4n) is 7.29. The van der Waals surface area contributed by atoms with Crippen LogP contribution in [0.5, 0.6) is 0 Å². The van der Waals surface area contributed by atoms with Crippen molar-refractivity contribution >= 4 is 44.6 Å². The molecule has 7 rings (SSSR count). The number of hydrogen-bond donors (Lipinski definition) is 2. The molecule has 1 aliphatic carbocycles. The summed E-state index contributed by atoms with van der Waals surface area (Å²) in [5.74, 6) is 0. The van der Waals surface area contributed by atoms with Crippen LogP contribution < -0.4 is 10.6 Å². The van der Waals surface area contributed by atoms with Gasteiger partial charge in [-0.3, -0.25) is 4.90 Å². The molecule has 242 valence electrons. The summed E-state index contributed by atoms with van der Waals surface area (Å²) in [5.41, 5.74) is 1.69. The lowest BCUT2D eigenvalue weighted by Gasteiger charge is -2.40. The average molecular weight is 664 g/mol. The molecule has 0 aromatic heterocycles. The van der Waals surface area contributed by atoms with Gasteiger partial charge in [-0.05, 0) is 87.1 Å². The lowest BCUT2D eigenvalue weighted by atomic mass is 9.88. The number of nitrogens with zero attached hydrogens (tertiary/aromatic N) is 1. The van der Waals surface area contributed by atoms with Crippen LogP contribution in [0, 0.1) is 0 Å². The summed E-state index contributed by atoms with van der Waals surface area (Å²) < 4.78 is 80.8. The van der Waals surface area contributed by atoms with E-state index in [1.807, 2.05) is 12.1 Å². The molecule has 1 saturated carbocycles. The topological polar surface area (TPSA) is 27.3 Å². The summed E-state index contributed by atoms with van der Waals surface area (Å²) in [7, 11) is 0. The molecule has 0 amide bonds. The third-order valence-electron chi connectivity index (χ3n) is 9.39. The zero-order valence-corrected chi connectivity index (χ0v) is 26.0. The first kappa shape index (κ1) is 31.4. The largest absolute Gasteiger partial charge is 0.416 e. The van der Waals surface area contributed by atoms with Crippen molar-refractivity contribution in [2.45, 2.75) is 63.2 Å². The molecule has 2 N–H and O–H groups in total. The Balaban J connectivity index is 1.22. The number of alkyl halides is 6. The normalized spacial score (nSPS) is 18.8. The maximum atomic E-state index is 13.5. The van der Waals surface area contributed by atoms with Gasteiger partial charge in [-0.25, -0.2) is 0 Å². The van der Waals surface area contributed by atoms with Crippen molar-refractivity contribution in [3.8, 4) is 11.1 Å². The maximum absolute atomic E-state index is 13.5. The monoisotopic (exact) mass is 663 g/mol. The summed E-state index contributed by atoms with van der Waals surface area (Å²) in [6.07, 6.45) is -6.34. The fourth-order valence-corrected chi connectivity index (χ4v) is 7.56. The summed E-state index contributed by atoms with van der Waals surface area (Å²) in [5, 5.41) is 10.6. The highest BCUT2D eigenvalue weighted by Crippen LogP contribution is 2.43. The summed E-state index contributed by atoms with van der Waals surface area (Å²) in [4.78, 5) is 2.44. The number of hydrogen-bond acceptors (Lipinski definition) is 2. The van der Waals surface area contributed by atoms with E-state index in [0.29, 0.717) is 25.2 Å². The van der Waals surface area contributed by atoms with E-state index in [2.05, 4.69) is 76.2 Å². The van der Waals surface area contributed by atoms with E-state index in [1.165, 1.54) is 33.0 Å². The van der Waals surface area contributed by atoms with Gasteiger partial charge in [0.2, 0.25) is 0 Å². The Kier molecular flexibility index (Phi) is 8.12. The second-order valence-corrected chi connectivity index (χ2v) is 12.8. The van der Waals surface area contributed by atoms with Gasteiger partial charge < -0.3 is 10.6 Å². The zero-order valence-electron chi connectivity index (χ0n) is 25.2. The van der Waals surface area contributed by atoms with Gasteiger partial charge in [0.05, 0.1) is 11.1 Å².